The summed E-state index contributed by atoms with van der Waals surface area (Å²) in [7, 11) is 0. The minimum absolute atomic E-state index is 0.201. The highest BCUT2D eigenvalue weighted by atomic mass is 16.4. The average molecular weight is 243 g/mol. The number of amides is 1. The average Bonchev–Trinajstić information content (AvgIpc) is 2.67. The second-order valence-corrected chi connectivity index (χ2v) is 4.94. The number of carbonyl (C=O) groups excluding carboxylic acids is 1. The molecule has 1 fully saturated rings. The van der Waals surface area contributed by atoms with E-state index in [0.29, 0.717) is 19.3 Å². The van der Waals surface area contributed by atoms with E-state index in [9.17, 15) is 14.7 Å². The lowest BCUT2D eigenvalue weighted by Gasteiger charge is -2.16. The number of nitrogens with one attached hydrogen (secondary N) is 1. The summed E-state index contributed by atoms with van der Waals surface area (Å²) in [6.07, 6.45) is 1.19. The number of rotatable bonds is 5. The molecule has 0 spiro atoms. The van der Waals surface area contributed by atoms with Gasteiger partial charge in [-0.2, -0.15) is 0 Å². The summed E-state index contributed by atoms with van der Waals surface area (Å²) in [6, 6.07) is 0. The van der Waals surface area contributed by atoms with Crippen LogP contribution in [0.1, 0.15) is 33.1 Å². The Hall–Kier alpha value is -1.10. The molecule has 1 saturated carbocycles. The number of carboxylic acid groups (broad SMARTS) is 1. The van der Waals surface area contributed by atoms with Crippen LogP contribution in [0.2, 0.25) is 0 Å². The van der Waals surface area contributed by atoms with Crippen molar-refractivity contribution in [1.29, 1.82) is 0 Å². The maximum absolute atomic E-state index is 11.8. The third-order valence-corrected chi connectivity index (χ3v) is 3.44. The summed E-state index contributed by atoms with van der Waals surface area (Å²) >= 11 is 0. The van der Waals surface area contributed by atoms with Gasteiger partial charge in [0.15, 0.2) is 0 Å². The molecule has 5 nitrogen and oxygen atoms in total. The van der Waals surface area contributed by atoms with Gasteiger partial charge in [0.05, 0.1) is 17.9 Å². The fraction of sp³-hybridized carbons (Fsp3) is 0.833. The Balaban J connectivity index is 2.52. The van der Waals surface area contributed by atoms with E-state index in [1.807, 2.05) is 13.8 Å². The standard InChI is InChI=1S/C12H21NO4/c1-3-8(14)6-13-11(15)9-4-7(2)5-10(9)12(16)17/h7-10,14H,3-6H2,1-2H3,(H,13,15)(H,16,17). The van der Waals surface area contributed by atoms with Crippen molar-refractivity contribution < 1.29 is 19.8 Å². The summed E-state index contributed by atoms with van der Waals surface area (Å²) in [5.74, 6) is -1.90. The van der Waals surface area contributed by atoms with E-state index in [2.05, 4.69) is 5.32 Å². The first-order valence-electron chi connectivity index (χ1n) is 6.14. The van der Waals surface area contributed by atoms with Gasteiger partial charge in [0.1, 0.15) is 0 Å². The van der Waals surface area contributed by atoms with Gasteiger partial charge in [-0.15, -0.1) is 0 Å². The minimum atomic E-state index is -0.898. The second-order valence-electron chi connectivity index (χ2n) is 4.94. The Morgan fingerprint density at radius 3 is 2.47 bits per heavy atom. The van der Waals surface area contributed by atoms with Gasteiger partial charge in [0, 0.05) is 6.54 Å². The molecule has 1 aliphatic carbocycles. The third kappa shape index (κ3) is 3.70. The van der Waals surface area contributed by atoms with E-state index in [-0.39, 0.29) is 18.4 Å². The molecule has 3 N–H and O–H groups in total. The Labute approximate surface area is 101 Å². The molecule has 98 valence electrons. The van der Waals surface area contributed by atoms with Crippen molar-refractivity contribution in [3.63, 3.8) is 0 Å². The van der Waals surface area contributed by atoms with Crippen molar-refractivity contribution in [2.24, 2.45) is 17.8 Å². The molecule has 0 saturated heterocycles. The van der Waals surface area contributed by atoms with Crippen LogP contribution in [0.4, 0.5) is 0 Å². The maximum atomic E-state index is 11.8. The van der Waals surface area contributed by atoms with Crippen LogP contribution in [-0.2, 0) is 9.59 Å². The zero-order chi connectivity index (χ0) is 13.0. The SMILES string of the molecule is CCC(O)CNC(=O)C1CC(C)CC1C(=O)O. The van der Waals surface area contributed by atoms with Crippen molar-refractivity contribution >= 4 is 11.9 Å². The fourth-order valence-electron chi connectivity index (χ4n) is 2.35. The van der Waals surface area contributed by atoms with Crippen LogP contribution >= 0.6 is 0 Å². The molecule has 0 aromatic rings. The van der Waals surface area contributed by atoms with Crippen LogP contribution in [0.15, 0.2) is 0 Å². The third-order valence-electron chi connectivity index (χ3n) is 3.44. The lowest BCUT2D eigenvalue weighted by molar-refractivity contribution is -0.146. The number of aliphatic carboxylic acids is 1. The molecule has 4 unspecified atom stereocenters. The summed E-state index contributed by atoms with van der Waals surface area (Å²) in [6.45, 7) is 3.99. The molecule has 0 radical (unpaired) electrons. The van der Waals surface area contributed by atoms with Crippen LogP contribution in [0, 0.1) is 17.8 Å². The van der Waals surface area contributed by atoms with Crippen LogP contribution < -0.4 is 5.32 Å². The quantitative estimate of drug-likeness (QED) is 0.660. The van der Waals surface area contributed by atoms with Gasteiger partial charge >= 0.3 is 5.97 Å². The highest BCUT2D eigenvalue weighted by Gasteiger charge is 2.41. The van der Waals surface area contributed by atoms with Crippen LogP contribution in [0.3, 0.4) is 0 Å². The van der Waals surface area contributed by atoms with Crippen LogP contribution in [0.5, 0.6) is 0 Å². The fourth-order valence-corrected chi connectivity index (χ4v) is 2.35. The molecule has 4 atom stereocenters. The number of hydrogen-bond acceptors (Lipinski definition) is 3. The molecule has 1 aliphatic rings. The number of carbonyl (C=O) groups is 2. The van der Waals surface area contributed by atoms with E-state index in [0.717, 1.165) is 0 Å². The number of aliphatic hydroxyl groups is 1. The Morgan fingerprint density at radius 1 is 1.35 bits per heavy atom. The van der Waals surface area contributed by atoms with Gasteiger partial charge < -0.3 is 15.5 Å². The van der Waals surface area contributed by atoms with E-state index in [1.165, 1.54) is 0 Å². The molecule has 0 aromatic heterocycles. The van der Waals surface area contributed by atoms with E-state index >= 15 is 0 Å². The van der Waals surface area contributed by atoms with Gasteiger partial charge in [-0.3, -0.25) is 9.59 Å². The van der Waals surface area contributed by atoms with Crippen molar-refractivity contribution in [2.45, 2.75) is 39.2 Å². The molecular formula is C12H21NO4. The van der Waals surface area contributed by atoms with Gasteiger partial charge in [-0.05, 0) is 25.2 Å². The first kappa shape index (κ1) is 14.0. The summed E-state index contributed by atoms with van der Waals surface area (Å²) in [4.78, 5) is 22.9. The molecule has 17 heavy (non-hydrogen) atoms. The van der Waals surface area contributed by atoms with Crippen molar-refractivity contribution in [3.05, 3.63) is 0 Å². The van der Waals surface area contributed by atoms with Gasteiger partial charge in [0.2, 0.25) is 5.91 Å². The largest absolute Gasteiger partial charge is 0.481 e. The van der Waals surface area contributed by atoms with Crippen molar-refractivity contribution in [3.8, 4) is 0 Å². The van der Waals surface area contributed by atoms with E-state index in [4.69, 9.17) is 5.11 Å². The highest BCUT2D eigenvalue weighted by molar-refractivity contribution is 5.85. The molecule has 1 rings (SSSR count). The molecular weight excluding hydrogens is 222 g/mol. The van der Waals surface area contributed by atoms with Gasteiger partial charge in [0.25, 0.3) is 0 Å². The normalized spacial score (nSPS) is 29.9. The predicted molar refractivity (Wildman–Crippen MR) is 62.3 cm³/mol. The van der Waals surface area contributed by atoms with E-state index in [1.54, 1.807) is 0 Å². The number of carboxylic acids is 1. The van der Waals surface area contributed by atoms with Gasteiger partial charge in [-0.25, -0.2) is 0 Å². The van der Waals surface area contributed by atoms with E-state index < -0.39 is 23.9 Å². The van der Waals surface area contributed by atoms with Gasteiger partial charge in [-0.1, -0.05) is 13.8 Å². The second kappa shape index (κ2) is 6.00. The maximum Gasteiger partial charge on any atom is 0.307 e. The van der Waals surface area contributed by atoms with Crippen molar-refractivity contribution in [1.82, 2.24) is 5.32 Å². The predicted octanol–water partition coefficient (Wildman–Crippen LogP) is 0.620. The zero-order valence-corrected chi connectivity index (χ0v) is 10.3. The highest BCUT2D eigenvalue weighted by Crippen LogP contribution is 2.36. The first-order chi connectivity index (χ1) is 7.95. The molecule has 0 aliphatic heterocycles. The molecule has 0 heterocycles. The summed E-state index contributed by atoms with van der Waals surface area (Å²) in [5, 5.41) is 21.0. The molecule has 5 heteroatoms. The lowest BCUT2D eigenvalue weighted by atomic mass is 9.95. The smallest absolute Gasteiger partial charge is 0.307 e. The first-order valence-corrected chi connectivity index (χ1v) is 6.14. The summed E-state index contributed by atoms with van der Waals surface area (Å²) < 4.78 is 0. The molecule has 0 aromatic carbocycles. The summed E-state index contributed by atoms with van der Waals surface area (Å²) in [5.41, 5.74) is 0. The minimum Gasteiger partial charge on any atom is -0.481 e. The van der Waals surface area contributed by atoms with Crippen LogP contribution in [-0.4, -0.2) is 34.7 Å². The topological polar surface area (TPSA) is 86.6 Å². The Morgan fingerprint density at radius 2 is 1.94 bits per heavy atom. The number of hydrogen-bond donors (Lipinski definition) is 3. The molecule has 0 bridgehead atoms. The number of aliphatic hydroxyl groups excluding tert-OH is 1. The Kier molecular flexibility index (Phi) is 4.93. The van der Waals surface area contributed by atoms with Crippen molar-refractivity contribution in [2.75, 3.05) is 6.54 Å². The molecule has 1 amide bonds. The monoisotopic (exact) mass is 243 g/mol. The lowest BCUT2D eigenvalue weighted by Crippen LogP contribution is -2.39. The van der Waals surface area contributed by atoms with Crippen LogP contribution in [0.25, 0.3) is 0 Å². The zero-order valence-electron chi connectivity index (χ0n) is 10.3. The Bertz CT molecular complexity index is 292.